The number of fused-ring (bicyclic) bond motifs is 1. The minimum Gasteiger partial charge on any atom is -0.410 e. The standard InChI is InChI=1S/C42H56F5NOSi/c1-10-11-24-50(9,41(7,8)39(2,3)4)49-33-26-40(5,6)25-32-35(33)34(27-18-22-31(43)23-19-27)36(38(48-32)29-14-12-13-15-29)37(44)28-16-20-30(21-17-28)42(45,46)47/h16-23,29,33,37H,10-15,24-26H2,1-9H3. The molecule has 2 nitrogen and oxygen atoms in total. The lowest BCUT2D eigenvalue weighted by Gasteiger charge is -2.53. The highest BCUT2D eigenvalue weighted by atomic mass is 28.4. The number of rotatable bonds is 10. The minimum absolute atomic E-state index is 0.0237. The Balaban J connectivity index is 1.82. The van der Waals surface area contributed by atoms with Gasteiger partial charge in [-0.2, -0.15) is 13.2 Å². The quantitative estimate of drug-likeness (QED) is 0.154. The monoisotopic (exact) mass is 713 g/mol. The van der Waals surface area contributed by atoms with Gasteiger partial charge in [-0.3, -0.25) is 4.98 Å². The predicted molar refractivity (Wildman–Crippen MR) is 196 cm³/mol. The van der Waals surface area contributed by atoms with E-state index in [-0.39, 0.29) is 33.5 Å². The van der Waals surface area contributed by atoms with Crippen LogP contribution in [0.1, 0.15) is 152 Å². The van der Waals surface area contributed by atoms with Crippen LogP contribution in [0.3, 0.4) is 0 Å². The first kappa shape index (κ1) is 38.6. The van der Waals surface area contributed by atoms with Crippen molar-refractivity contribution in [3.8, 4) is 11.1 Å². The first-order valence-electron chi connectivity index (χ1n) is 18.5. The maximum absolute atomic E-state index is 17.5. The van der Waals surface area contributed by atoms with Crippen molar-refractivity contribution in [3.63, 3.8) is 0 Å². The van der Waals surface area contributed by atoms with E-state index in [2.05, 4.69) is 61.9 Å². The number of hydrogen-bond acceptors (Lipinski definition) is 2. The van der Waals surface area contributed by atoms with Gasteiger partial charge in [-0.05, 0) is 95.1 Å². The first-order chi connectivity index (χ1) is 23.2. The highest BCUT2D eigenvalue weighted by Crippen LogP contribution is 2.58. The second-order valence-corrected chi connectivity index (χ2v) is 21.9. The van der Waals surface area contributed by atoms with E-state index in [9.17, 15) is 17.6 Å². The molecule has 0 amide bonds. The zero-order valence-electron chi connectivity index (χ0n) is 31.5. The molecule has 2 aliphatic rings. The summed E-state index contributed by atoms with van der Waals surface area (Å²) in [7, 11) is -2.54. The molecule has 1 aromatic heterocycles. The van der Waals surface area contributed by atoms with Crippen LogP contribution in [0.25, 0.3) is 11.1 Å². The number of benzene rings is 2. The molecule has 5 rings (SSSR count). The molecule has 2 aromatic carbocycles. The number of unbranched alkanes of at least 4 members (excludes halogenated alkanes) is 1. The third kappa shape index (κ3) is 7.62. The van der Waals surface area contributed by atoms with Crippen LogP contribution in [-0.2, 0) is 17.0 Å². The lowest BCUT2D eigenvalue weighted by molar-refractivity contribution is -0.137. The molecule has 8 heteroatoms. The van der Waals surface area contributed by atoms with Crippen molar-refractivity contribution in [2.45, 2.75) is 149 Å². The molecule has 3 atom stereocenters. The van der Waals surface area contributed by atoms with Crippen molar-refractivity contribution < 1.29 is 26.4 Å². The summed E-state index contributed by atoms with van der Waals surface area (Å²) in [6.45, 7) is 20.6. The molecule has 0 spiro atoms. The largest absolute Gasteiger partial charge is 0.416 e. The average molecular weight is 714 g/mol. The van der Waals surface area contributed by atoms with Crippen molar-refractivity contribution in [2.24, 2.45) is 10.8 Å². The number of nitrogens with zero attached hydrogens (tertiary/aromatic N) is 1. The van der Waals surface area contributed by atoms with Crippen LogP contribution in [0.4, 0.5) is 22.0 Å². The lowest BCUT2D eigenvalue weighted by Crippen LogP contribution is -2.52. The molecule has 3 unspecified atom stereocenters. The van der Waals surface area contributed by atoms with E-state index in [1.165, 1.54) is 24.3 Å². The maximum atomic E-state index is 17.5. The topological polar surface area (TPSA) is 22.1 Å². The Hall–Kier alpha value is -2.58. The van der Waals surface area contributed by atoms with E-state index < -0.39 is 32.0 Å². The first-order valence-corrected chi connectivity index (χ1v) is 21.1. The zero-order chi connectivity index (χ0) is 36.9. The lowest BCUT2D eigenvalue weighted by atomic mass is 9.71. The van der Waals surface area contributed by atoms with Crippen LogP contribution in [0, 0.1) is 16.6 Å². The van der Waals surface area contributed by atoms with Gasteiger partial charge >= 0.3 is 6.18 Å². The molecule has 0 bridgehead atoms. The van der Waals surface area contributed by atoms with Crippen molar-refractivity contribution in [3.05, 3.63) is 88.0 Å². The van der Waals surface area contributed by atoms with E-state index in [0.717, 1.165) is 68.0 Å². The Morgan fingerprint density at radius 2 is 1.54 bits per heavy atom. The summed E-state index contributed by atoms with van der Waals surface area (Å²) < 4.78 is 80.3. The van der Waals surface area contributed by atoms with Gasteiger partial charge in [0.1, 0.15) is 5.82 Å². The van der Waals surface area contributed by atoms with Crippen LogP contribution in [0.5, 0.6) is 0 Å². The SMILES string of the molecule is CCCC[Si](C)(OC1CC(C)(C)Cc2nc(C3CCCC3)c(C(F)c3ccc(C(F)(F)F)cc3)c(-c3ccc(F)cc3)c21)C(C)(C)C(C)(C)C. The maximum Gasteiger partial charge on any atom is 0.416 e. The van der Waals surface area contributed by atoms with E-state index in [1.807, 2.05) is 0 Å². The van der Waals surface area contributed by atoms with Crippen LogP contribution in [-0.4, -0.2) is 13.3 Å². The molecular formula is C42H56F5NOSi. The van der Waals surface area contributed by atoms with Gasteiger partial charge < -0.3 is 4.43 Å². The van der Waals surface area contributed by atoms with E-state index in [0.29, 0.717) is 35.2 Å². The van der Waals surface area contributed by atoms with E-state index in [1.54, 1.807) is 12.1 Å². The highest BCUT2D eigenvalue weighted by Gasteiger charge is 2.54. The highest BCUT2D eigenvalue weighted by molar-refractivity contribution is 6.75. The van der Waals surface area contributed by atoms with Crippen molar-refractivity contribution in [2.75, 3.05) is 0 Å². The number of halogens is 5. The molecule has 0 saturated heterocycles. The number of pyridine rings is 1. The van der Waals surface area contributed by atoms with Gasteiger partial charge in [0.25, 0.3) is 0 Å². The Morgan fingerprint density at radius 1 is 0.940 bits per heavy atom. The molecule has 0 N–H and O–H groups in total. The van der Waals surface area contributed by atoms with Crippen LogP contribution in [0.15, 0.2) is 48.5 Å². The molecule has 1 saturated carbocycles. The molecule has 3 aromatic rings. The van der Waals surface area contributed by atoms with E-state index >= 15 is 4.39 Å². The summed E-state index contributed by atoms with van der Waals surface area (Å²) in [5, 5.41) is -0.129. The van der Waals surface area contributed by atoms with Gasteiger partial charge in [0.05, 0.1) is 17.4 Å². The third-order valence-electron chi connectivity index (χ3n) is 12.4. The molecule has 274 valence electrons. The second kappa shape index (κ2) is 14.1. The predicted octanol–water partition coefficient (Wildman–Crippen LogP) is 13.9. The van der Waals surface area contributed by atoms with Gasteiger partial charge in [0, 0.05) is 22.7 Å². The molecule has 1 heterocycles. The molecular weight excluding hydrogens is 658 g/mol. The summed E-state index contributed by atoms with van der Waals surface area (Å²) >= 11 is 0. The van der Waals surface area contributed by atoms with Crippen molar-refractivity contribution in [1.29, 1.82) is 0 Å². The summed E-state index contributed by atoms with van der Waals surface area (Å²) in [5.41, 5.74) is 3.32. The van der Waals surface area contributed by atoms with Crippen LogP contribution >= 0.6 is 0 Å². The molecule has 50 heavy (non-hydrogen) atoms. The second-order valence-electron chi connectivity index (χ2n) is 17.5. The average Bonchev–Trinajstić information content (AvgIpc) is 3.57. The van der Waals surface area contributed by atoms with Gasteiger partial charge in [-0.15, -0.1) is 0 Å². The van der Waals surface area contributed by atoms with Crippen LogP contribution < -0.4 is 0 Å². The smallest absolute Gasteiger partial charge is 0.410 e. The summed E-state index contributed by atoms with van der Waals surface area (Å²) in [4.78, 5) is 5.39. The zero-order valence-corrected chi connectivity index (χ0v) is 32.5. The Morgan fingerprint density at radius 3 is 2.08 bits per heavy atom. The fraction of sp³-hybridized carbons (Fsp3) is 0.595. The van der Waals surface area contributed by atoms with Crippen LogP contribution in [0.2, 0.25) is 17.6 Å². The Labute approximate surface area is 297 Å². The molecule has 0 aliphatic heterocycles. The van der Waals surface area contributed by atoms with Crippen molar-refractivity contribution >= 4 is 8.32 Å². The van der Waals surface area contributed by atoms with Gasteiger partial charge in [0.15, 0.2) is 14.5 Å². The molecule has 0 radical (unpaired) electrons. The van der Waals surface area contributed by atoms with Gasteiger partial charge in [-0.25, -0.2) is 8.78 Å². The number of hydrogen-bond donors (Lipinski definition) is 0. The number of aromatic nitrogens is 1. The van der Waals surface area contributed by atoms with Crippen molar-refractivity contribution in [1.82, 2.24) is 4.98 Å². The molecule has 1 fully saturated rings. The Bertz CT molecular complexity index is 1640. The van der Waals surface area contributed by atoms with E-state index in [4.69, 9.17) is 9.41 Å². The third-order valence-corrected chi connectivity index (χ3v) is 17.9. The Kier molecular flexibility index (Phi) is 10.9. The number of alkyl halides is 4. The fourth-order valence-corrected chi connectivity index (χ4v) is 12.7. The van der Waals surface area contributed by atoms with Gasteiger partial charge in [0.2, 0.25) is 0 Å². The minimum atomic E-state index is -4.53. The fourth-order valence-electron chi connectivity index (χ4n) is 8.24. The molecule has 2 aliphatic carbocycles. The summed E-state index contributed by atoms with van der Waals surface area (Å²) in [6, 6.07) is 11.6. The summed E-state index contributed by atoms with van der Waals surface area (Å²) in [6.07, 6.45) is 0.584. The van der Waals surface area contributed by atoms with Gasteiger partial charge in [-0.1, -0.05) is 105 Å². The summed E-state index contributed by atoms with van der Waals surface area (Å²) in [5.74, 6) is -0.371. The normalized spacial score (nSPS) is 20.4.